The molecule has 0 aliphatic heterocycles. The maximum atomic E-state index is 11.3. The van der Waals surface area contributed by atoms with Crippen LogP contribution in [-0.2, 0) is 9.47 Å². The molecule has 0 aromatic heterocycles. The highest BCUT2D eigenvalue weighted by Gasteiger charge is 2.05. The van der Waals surface area contributed by atoms with E-state index in [9.17, 15) is 4.79 Å². The van der Waals surface area contributed by atoms with Crippen LogP contribution in [0.5, 0.6) is 5.75 Å². The summed E-state index contributed by atoms with van der Waals surface area (Å²) in [6.07, 6.45) is 1.29. The first-order valence-electron chi connectivity index (χ1n) is 4.42. The fourth-order valence-corrected chi connectivity index (χ4v) is 0.947. The SMILES string of the molecule is C=COCCOC(=O)c1ccc(O)cc1. The Labute approximate surface area is 87.7 Å². The van der Waals surface area contributed by atoms with E-state index in [0.29, 0.717) is 5.56 Å². The number of ether oxygens (including phenoxy) is 2. The summed E-state index contributed by atoms with van der Waals surface area (Å²) in [4.78, 5) is 11.3. The van der Waals surface area contributed by atoms with Gasteiger partial charge in [-0.1, -0.05) is 6.58 Å². The number of carbonyl (C=O) groups is 1. The van der Waals surface area contributed by atoms with Gasteiger partial charge in [0.25, 0.3) is 0 Å². The maximum Gasteiger partial charge on any atom is 0.338 e. The van der Waals surface area contributed by atoms with E-state index in [-0.39, 0.29) is 19.0 Å². The number of phenols is 1. The van der Waals surface area contributed by atoms with Crippen LogP contribution in [0.2, 0.25) is 0 Å². The third-order valence-electron chi connectivity index (χ3n) is 1.66. The first-order chi connectivity index (χ1) is 7.24. The van der Waals surface area contributed by atoms with Crippen molar-refractivity contribution in [3.8, 4) is 5.75 Å². The Hall–Kier alpha value is -1.97. The number of carbonyl (C=O) groups excluding carboxylic acids is 1. The number of benzene rings is 1. The Bertz CT molecular complexity index is 329. The largest absolute Gasteiger partial charge is 0.508 e. The number of aromatic hydroxyl groups is 1. The molecule has 0 aliphatic rings. The molecule has 1 aromatic carbocycles. The fourth-order valence-electron chi connectivity index (χ4n) is 0.947. The van der Waals surface area contributed by atoms with Crippen LogP contribution in [0.4, 0.5) is 0 Å². The molecule has 0 saturated carbocycles. The van der Waals surface area contributed by atoms with Gasteiger partial charge in [0.1, 0.15) is 19.0 Å². The number of phenolic OH excluding ortho intramolecular Hbond substituents is 1. The number of rotatable bonds is 5. The molecule has 1 aromatic rings. The summed E-state index contributed by atoms with van der Waals surface area (Å²) in [5.74, 6) is -0.329. The van der Waals surface area contributed by atoms with E-state index >= 15 is 0 Å². The van der Waals surface area contributed by atoms with Gasteiger partial charge in [0.05, 0.1) is 11.8 Å². The topological polar surface area (TPSA) is 55.8 Å². The minimum absolute atomic E-state index is 0.113. The van der Waals surface area contributed by atoms with E-state index in [0.717, 1.165) is 0 Å². The lowest BCUT2D eigenvalue weighted by Crippen LogP contribution is -2.09. The second-order valence-corrected chi connectivity index (χ2v) is 2.72. The van der Waals surface area contributed by atoms with Gasteiger partial charge in [-0.3, -0.25) is 0 Å². The molecular weight excluding hydrogens is 196 g/mol. The molecule has 0 fully saturated rings. The van der Waals surface area contributed by atoms with Gasteiger partial charge < -0.3 is 14.6 Å². The highest BCUT2D eigenvalue weighted by atomic mass is 16.6. The molecule has 4 nitrogen and oxygen atoms in total. The molecule has 1 N–H and O–H groups in total. The molecule has 0 amide bonds. The zero-order valence-electron chi connectivity index (χ0n) is 8.18. The van der Waals surface area contributed by atoms with Gasteiger partial charge in [0.15, 0.2) is 0 Å². The number of hydrogen-bond donors (Lipinski definition) is 1. The van der Waals surface area contributed by atoms with Crippen LogP contribution in [0.25, 0.3) is 0 Å². The minimum Gasteiger partial charge on any atom is -0.508 e. The van der Waals surface area contributed by atoms with Crippen molar-refractivity contribution in [3.63, 3.8) is 0 Å². The quantitative estimate of drug-likeness (QED) is 0.454. The van der Waals surface area contributed by atoms with Crippen LogP contribution in [0, 0.1) is 0 Å². The van der Waals surface area contributed by atoms with E-state index < -0.39 is 5.97 Å². The molecule has 0 radical (unpaired) electrons. The van der Waals surface area contributed by atoms with E-state index in [2.05, 4.69) is 6.58 Å². The van der Waals surface area contributed by atoms with Gasteiger partial charge >= 0.3 is 5.97 Å². The maximum absolute atomic E-state index is 11.3. The third kappa shape index (κ3) is 3.72. The molecule has 0 saturated heterocycles. The first-order valence-corrected chi connectivity index (χ1v) is 4.42. The van der Waals surface area contributed by atoms with Crippen molar-refractivity contribution in [2.24, 2.45) is 0 Å². The fraction of sp³-hybridized carbons (Fsp3) is 0.182. The van der Waals surface area contributed by atoms with Gasteiger partial charge in [-0.15, -0.1) is 0 Å². The lowest BCUT2D eigenvalue weighted by atomic mass is 10.2. The monoisotopic (exact) mass is 208 g/mol. The Kier molecular flexibility index (Phi) is 4.22. The van der Waals surface area contributed by atoms with Crippen LogP contribution in [0.1, 0.15) is 10.4 Å². The van der Waals surface area contributed by atoms with Crippen LogP contribution >= 0.6 is 0 Å². The van der Waals surface area contributed by atoms with Crippen molar-refractivity contribution < 1.29 is 19.4 Å². The van der Waals surface area contributed by atoms with Crippen molar-refractivity contribution in [2.45, 2.75) is 0 Å². The van der Waals surface area contributed by atoms with Crippen LogP contribution in [0.15, 0.2) is 37.1 Å². The van der Waals surface area contributed by atoms with E-state index in [1.54, 1.807) is 0 Å². The molecule has 0 spiro atoms. The molecular formula is C11H12O4. The van der Waals surface area contributed by atoms with Crippen LogP contribution in [0.3, 0.4) is 0 Å². The standard InChI is InChI=1S/C11H12O4/c1-2-14-7-8-15-11(13)9-3-5-10(12)6-4-9/h2-6,12H,1,7-8H2. The van der Waals surface area contributed by atoms with Gasteiger partial charge in [0.2, 0.25) is 0 Å². The summed E-state index contributed by atoms with van der Waals surface area (Å²) in [6, 6.07) is 5.84. The Balaban J connectivity index is 2.40. The first kappa shape index (κ1) is 11.1. The second-order valence-electron chi connectivity index (χ2n) is 2.72. The average molecular weight is 208 g/mol. The van der Waals surface area contributed by atoms with Crippen molar-refractivity contribution in [1.82, 2.24) is 0 Å². The number of hydrogen-bond acceptors (Lipinski definition) is 4. The summed E-state index contributed by atoms with van der Waals surface area (Å²) in [5, 5.41) is 9.00. The molecule has 0 bridgehead atoms. The summed E-state index contributed by atoms with van der Waals surface area (Å²) in [7, 11) is 0. The smallest absolute Gasteiger partial charge is 0.338 e. The Morgan fingerprint density at radius 2 is 2.00 bits per heavy atom. The third-order valence-corrected chi connectivity index (χ3v) is 1.66. The van der Waals surface area contributed by atoms with Gasteiger partial charge in [-0.2, -0.15) is 0 Å². The van der Waals surface area contributed by atoms with E-state index in [4.69, 9.17) is 14.6 Å². The molecule has 15 heavy (non-hydrogen) atoms. The summed E-state index contributed by atoms with van der Waals surface area (Å²) in [6.45, 7) is 3.81. The molecule has 1 rings (SSSR count). The predicted octanol–water partition coefficient (Wildman–Crippen LogP) is 1.71. The van der Waals surface area contributed by atoms with E-state index in [1.807, 2.05) is 0 Å². The zero-order chi connectivity index (χ0) is 11.1. The molecule has 0 heterocycles. The summed E-state index contributed by atoms with van der Waals surface area (Å²) >= 11 is 0. The second kappa shape index (κ2) is 5.70. The summed E-state index contributed by atoms with van der Waals surface area (Å²) in [5.41, 5.74) is 0.395. The molecule has 0 atom stereocenters. The Morgan fingerprint density at radius 1 is 1.33 bits per heavy atom. The highest BCUT2D eigenvalue weighted by Crippen LogP contribution is 2.10. The van der Waals surface area contributed by atoms with Crippen molar-refractivity contribution in [1.29, 1.82) is 0 Å². The zero-order valence-corrected chi connectivity index (χ0v) is 8.18. The lowest BCUT2D eigenvalue weighted by molar-refractivity contribution is 0.0421. The van der Waals surface area contributed by atoms with Crippen molar-refractivity contribution in [2.75, 3.05) is 13.2 Å². The normalized spacial score (nSPS) is 9.33. The average Bonchev–Trinajstić information content (AvgIpc) is 2.25. The highest BCUT2D eigenvalue weighted by molar-refractivity contribution is 5.89. The number of esters is 1. The van der Waals surface area contributed by atoms with Gasteiger partial charge in [-0.25, -0.2) is 4.79 Å². The molecule has 4 heteroatoms. The van der Waals surface area contributed by atoms with Gasteiger partial charge in [-0.05, 0) is 24.3 Å². The van der Waals surface area contributed by atoms with Crippen molar-refractivity contribution >= 4 is 5.97 Å². The molecule has 80 valence electrons. The Morgan fingerprint density at radius 3 is 2.60 bits per heavy atom. The van der Waals surface area contributed by atoms with Crippen LogP contribution in [-0.4, -0.2) is 24.3 Å². The predicted molar refractivity (Wildman–Crippen MR) is 54.5 cm³/mol. The summed E-state index contributed by atoms with van der Waals surface area (Å²) < 4.78 is 9.66. The van der Waals surface area contributed by atoms with E-state index in [1.165, 1.54) is 30.5 Å². The lowest BCUT2D eigenvalue weighted by Gasteiger charge is -2.04. The molecule has 0 aliphatic carbocycles. The van der Waals surface area contributed by atoms with Gasteiger partial charge in [0, 0.05) is 0 Å². The molecule has 0 unspecified atom stereocenters. The van der Waals surface area contributed by atoms with Crippen LogP contribution < -0.4 is 0 Å². The van der Waals surface area contributed by atoms with Crippen molar-refractivity contribution in [3.05, 3.63) is 42.7 Å². The minimum atomic E-state index is -0.442.